The van der Waals surface area contributed by atoms with E-state index < -0.39 is 5.97 Å². The van der Waals surface area contributed by atoms with Crippen molar-refractivity contribution in [1.82, 2.24) is 0 Å². The predicted molar refractivity (Wildman–Crippen MR) is 155 cm³/mol. The number of carbonyl (C=O) groups is 1. The lowest BCUT2D eigenvalue weighted by molar-refractivity contribution is -0.132. The number of carboxylic acids is 1. The van der Waals surface area contributed by atoms with Crippen molar-refractivity contribution in [1.29, 1.82) is 0 Å². The topological polar surface area (TPSA) is 37.3 Å². The maximum Gasteiger partial charge on any atom is 0.330 e. The van der Waals surface area contributed by atoms with Gasteiger partial charge < -0.3 is 5.11 Å². The van der Waals surface area contributed by atoms with E-state index >= 15 is 0 Å². The molecule has 0 unspecified atom stereocenters. The Morgan fingerprint density at radius 2 is 0.886 bits per heavy atom. The second kappa shape index (κ2) is 25.5. The van der Waals surface area contributed by atoms with Gasteiger partial charge in [-0.05, 0) is 37.8 Å². The van der Waals surface area contributed by atoms with E-state index in [4.69, 9.17) is 5.11 Å². The summed E-state index contributed by atoms with van der Waals surface area (Å²) in [5.74, 6) is -0.840. The molecule has 1 aromatic carbocycles. The molecule has 0 aliphatic heterocycles. The van der Waals surface area contributed by atoms with Gasteiger partial charge in [-0.2, -0.15) is 0 Å². The summed E-state index contributed by atoms with van der Waals surface area (Å²) in [7, 11) is 0. The van der Waals surface area contributed by atoms with Crippen LogP contribution in [0.4, 0.5) is 0 Å². The van der Waals surface area contributed by atoms with Crippen molar-refractivity contribution in [3.63, 3.8) is 0 Å². The summed E-state index contributed by atoms with van der Waals surface area (Å²) in [6.07, 6.45) is 28.1. The molecular formula is C33H58O2. The number of hydrogen-bond acceptors (Lipinski definition) is 1. The summed E-state index contributed by atoms with van der Waals surface area (Å²) in [6.45, 7) is 10.1. The molecule has 0 saturated carbocycles. The molecule has 35 heavy (non-hydrogen) atoms. The summed E-state index contributed by atoms with van der Waals surface area (Å²) < 4.78 is 0. The number of aryl methyl sites for hydroxylation is 2. The zero-order valence-electron chi connectivity index (χ0n) is 23.7. The minimum atomic E-state index is -0.840. The first-order valence-electron chi connectivity index (χ1n) is 14.9. The molecule has 0 bridgehead atoms. The number of benzene rings is 1. The second-order valence-electron chi connectivity index (χ2n) is 10.5. The lowest BCUT2D eigenvalue weighted by Crippen LogP contribution is -1.98. The van der Waals surface area contributed by atoms with Gasteiger partial charge in [-0.3, -0.25) is 0 Å². The average molecular weight is 487 g/mol. The Bertz CT molecular complexity index is 598. The van der Waals surface area contributed by atoms with E-state index in [2.05, 4.69) is 51.6 Å². The molecular weight excluding hydrogens is 428 g/mol. The fourth-order valence-corrected chi connectivity index (χ4v) is 4.36. The Balaban J connectivity index is 0.00000121. The van der Waals surface area contributed by atoms with E-state index in [-0.39, 0.29) is 0 Å². The number of rotatable bonds is 22. The first-order valence-corrected chi connectivity index (χ1v) is 14.9. The summed E-state index contributed by atoms with van der Waals surface area (Å²) in [5, 5.41) is 8.74. The lowest BCUT2D eigenvalue weighted by atomic mass is 10.0. The average Bonchev–Trinajstić information content (AvgIpc) is 2.85. The minimum Gasteiger partial charge on any atom is -0.478 e. The molecule has 202 valence electrons. The molecule has 1 N–H and O–H groups in total. The number of hydrogen-bond donors (Lipinski definition) is 1. The highest BCUT2D eigenvalue weighted by Gasteiger charge is 2.02. The van der Waals surface area contributed by atoms with Crippen LogP contribution >= 0.6 is 0 Å². The molecule has 0 saturated heterocycles. The highest BCUT2D eigenvalue weighted by atomic mass is 16.4. The van der Waals surface area contributed by atoms with E-state index in [0.29, 0.717) is 12.0 Å². The van der Waals surface area contributed by atoms with Gasteiger partial charge in [-0.25, -0.2) is 4.79 Å². The molecule has 0 atom stereocenters. The van der Waals surface area contributed by atoms with Gasteiger partial charge in [0.1, 0.15) is 0 Å². The maximum absolute atomic E-state index is 10.6. The predicted octanol–water partition coefficient (Wildman–Crippen LogP) is 11.1. The van der Waals surface area contributed by atoms with Gasteiger partial charge in [-0.15, -0.1) is 0 Å². The Morgan fingerprint density at radius 3 is 1.14 bits per heavy atom. The summed E-state index contributed by atoms with van der Waals surface area (Å²) in [5.41, 5.74) is 3.09. The van der Waals surface area contributed by atoms with Gasteiger partial charge >= 0.3 is 5.97 Å². The highest BCUT2D eigenvalue weighted by Crippen LogP contribution is 2.15. The normalized spacial score (nSPS) is 10.6. The Labute approximate surface area is 219 Å². The fraction of sp³-hybridized carbons (Fsp3) is 0.727. The minimum absolute atomic E-state index is 0.359. The van der Waals surface area contributed by atoms with E-state index in [9.17, 15) is 4.79 Å². The molecule has 0 aliphatic rings. The van der Waals surface area contributed by atoms with Gasteiger partial charge in [-0.1, -0.05) is 160 Å². The molecule has 2 heteroatoms. The van der Waals surface area contributed by atoms with Crippen LogP contribution in [0.5, 0.6) is 0 Å². The molecule has 1 aromatic rings. The van der Waals surface area contributed by atoms with Crippen LogP contribution < -0.4 is 0 Å². The quantitative estimate of drug-likeness (QED) is 0.131. The Kier molecular flexibility index (Phi) is 24.4. The van der Waals surface area contributed by atoms with Crippen molar-refractivity contribution in [3.05, 3.63) is 47.5 Å². The van der Waals surface area contributed by atoms with Crippen LogP contribution in [0.1, 0.15) is 153 Å². The number of unbranched alkanes of at least 4 members (excludes halogenated alkanes) is 19. The third-order valence-corrected chi connectivity index (χ3v) is 7.06. The van der Waals surface area contributed by atoms with Crippen molar-refractivity contribution in [2.24, 2.45) is 0 Å². The third kappa shape index (κ3) is 23.9. The molecule has 0 fully saturated rings. The van der Waals surface area contributed by atoms with Crippen LogP contribution in [-0.2, 0) is 4.79 Å². The third-order valence-electron chi connectivity index (χ3n) is 7.06. The van der Waals surface area contributed by atoms with Gasteiger partial charge in [0.2, 0.25) is 0 Å². The van der Waals surface area contributed by atoms with Crippen LogP contribution in [0.25, 0.3) is 0 Å². The largest absolute Gasteiger partial charge is 0.478 e. The standard InChI is InChI=1S/C25H48O2.C8H10/c1-3-4-5-6-7-8-9-10-11-12-13-14-15-16-17-18-19-20-21-22-23-24(2)25(26)27;1-7-5-3-4-6-8(7)2/h2-23H2,1H3,(H,26,27);3-6H,1-2H3. The number of aliphatic carboxylic acids is 1. The van der Waals surface area contributed by atoms with E-state index in [1.807, 2.05) is 0 Å². The van der Waals surface area contributed by atoms with Crippen LogP contribution in [0, 0.1) is 13.8 Å². The first kappa shape index (κ1) is 33.4. The molecule has 0 aromatic heterocycles. The molecule has 0 spiro atoms. The van der Waals surface area contributed by atoms with E-state index in [1.165, 1.54) is 127 Å². The summed E-state index contributed by atoms with van der Waals surface area (Å²) >= 11 is 0. The van der Waals surface area contributed by atoms with Crippen molar-refractivity contribution in [2.75, 3.05) is 0 Å². The zero-order valence-corrected chi connectivity index (χ0v) is 23.7. The SMILES string of the molecule is C=C(CCCCCCCCCCCCCCCCCCCCCC)C(=O)O.Cc1ccccc1C. The summed E-state index contributed by atoms with van der Waals surface area (Å²) in [4.78, 5) is 10.6. The van der Waals surface area contributed by atoms with Crippen molar-refractivity contribution < 1.29 is 9.90 Å². The second-order valence-corrected chi connectivity index (χ2v) is 10.5. The summed E-state index contributed by atoms with van der Waals surface area (Å²) in [6, 6.07) is 8.36. The van der Waals surface area contributed by atoms with Crippen molar-refractivity contribution in [3.8, 4) is 0 Å². The molecule has 0 aliphatic carbocycles. The fourth-order valence-electron chi connectivity index (χ4n) is 4.36. The maximum atomic E-state index is 10.6. The highest BCUT2D eigenvalue weighted by molar-refractivity contribution is 5.85. The van der Waals surface area contributed by atoms with E-state index in [1.54, 1.807) is 0 Å². The van der Waals surface area contributed by atoms with Crippen LogP contribution in [0.3, 0.4) is 0 Å². The Hall–Kier alpha value is -1.57. The molecule has 1 rings (SSSR count). The molecule has 0 radical (unpaired) electrons. The van der Waals surface area contributed by atoms with Crippen LogP contribution in [0.2, 0.25) is 0 Å². The van der Waals surface area contributed by atoms with Gasteiger partial charge in [0.25, 0.3) is 0 Å². The Morgan fingerprint density at radius 1 is 0.600 bits per heavy atom. The smallest absolute Gasteiger partial charge is 0.330 e. The first-order chi connectivity index (χ1) is 17.0. The molecule has 0 heterocycles. The van der Waals surface area contributed by atoms with Crippen LogP contribution in [-0.4, -0.2) is 11.1 Å². The monoisotopic (exact) mass is 486 g/mol. The van der Waals surface area contributed by atoms with Gasteiger partial charge in [0.15, 0.2) is 0 Å². The zero-order chi connectivity index (χ0) is 26.0. The lowest BCUT2D eigenvalue weighted by Gasteiger charge is -2.04. The molecule has 0 amide bonds. The van der Waals surface area contributed by atoms with Gasteiger partial charge in [0.05, 0.1) is 0 Å². The van der Waals surface area contributed by atoms with Gasteiger partial charge in [0, 0.05) is 5.57 Å². The van der Waals surface area contributed by atoms with E-state index in [0.717, 1.165) is 12.8 Å². The molecule has 2 nitrogen and oxygen atoms in total. The van der Waals surface area contributed by atoms with Crippen LogP contribution in [0.15, 0.2) is 36.4 Å². The van der Waals surface area contributed by atoms with Crippen molar-refractivity contribution >= 4 is 5.97 Å². The van der Waals surface area contributed by atoms with Crippen molar-refractivity contribution in [2.45, 2.75) is 156 Å². The number of carboxylic acid groups (broad SMARTS) is 1.